The van der Waals surface area contributed by atoms with E-state index in [1.165, 1.54) is 16.8 Å². The molecule has 0 unspecified atom stereocenters. The van der Waals surface area contributed by atoms with E-state index in [-0.39, 0.29) is 17.3 Å². The van der Waals surface area contributed by atoms with Crippen LogP contribution in [-0.4, -0.2) is 9.55 Å². The summed E-state index contributed by atoms with van der Waals surface area (Å²) in [6.45, 7) is 3.87. The predicted molar refractivity (Wildman–Crippen MR) is 98.7 cm³/mol. The molecule has 3 aromatic rings. The summed E-state index contributed by atoms with van der Waals surface area (Å²) in [5.74, 6) is 0.215. The van der Waals surface area contributed by atoms with E-state index in [0.29, 0.717) is 22.6 Å². The van der Waals surface area contributed by atoms with Crippen molar-refractivity contribution in [2.75, 3.05) is 5.32 Å². The summed E-state index contributed by atoms with van der Waals surface area (Å²) >= 11 is 0. The second-order valence-electron chi connectivity index (χ2n) is 6.24. The Morgan fingerprint density at radius 1 is 1.12 bits per heavy atom. The number of nitrogens with one attached hydrogen (secondary N) is 1. The van der Waals surface area contributed by atoms with Crippen molar-refractivity contribution in [2.45, 2.75) is 19.8 Å². The van der Waals surface area contributed by atoms with E-state index in [4.69, 9.17) is 0 Å². The lowest BCUT2D eigenvalue weighted by molar-refractivity contribution is 0.599. The molecule has 0 radical (unpaired) electrons. The fraction of sp³-hybridized carbons (Fsp3) is 0.200. The molecule has 1 heterocycles. The fourth-order valence-electron chi connectivity index (χ4n) is 2.67. The maximum atomic E-state index is 14.2. The van der Waals surface area contributed by atoms with Crippen molar-refractivity contribution in [2.24, 2.45) is 7.05 Å². The Labute approximate surface area is 146 Å². The highest BCUT2D eigenvalue weighted by Gasteiger charge is 2.13. The van der Waals surface area contributed by atoms with E-state index < -0.39 is 0 Å². The zero-order valence-corrected chi connectivity index (χ0v) is 14.5. The lowest BCUT2D eigenvalue weighted by Crippen LogP contribution is -2.22. The highest BCUT2D eigenvalue weighted by atomic mass is 19.1. The van der Waals surface area contributed by atoms with Gasteiger partial charge in [0, 0.05) is 18.9 Å². The van der Waals surface area contributed by atoms with Gasteiger partial charge < -0.3 is 5.32 Å². The minimum absolute atomic E-state index is 0.0902. The third kappa shape index (κ3) is 3.45. The molecule has 0 atom stereocenters. The molecular formula is C20H20FN3O. The first-order chi connectivity index (χ1) is 12.0. The van der Waals surface area contributed by atoms with Gasteiger partial charge >= 0.3 is 0 Å². The van der Waals surface area contributed by atoms with Gasteiger partial charge in [-0.05, 0) is 35.2 Å². The molecule has 0 fully saturated rings. The minimum atomic E-state index is -0.305. The van der Waals surface area contributed by atoms with Crippen molar-refractivity contribution in [3.63, 3.8) is 0 Å². The molecule has 0 aliphatic carbocycles. The van der Waals surface area contributed by atoms with Crippen LogP contribution in [0.1, 0.15) is 25.3 Å². The Balaban J connectivity index is 1.98. The molecule has 0 aliphatic rings. The van der Waals surface area contributed by atoms with Crippen LogP contribution in [0.4, 0.5) is 16.0 Å². The van der Waals surface area contributed by atoms with E-state index in [1.54, 1.807) is 19.2 Å². The Morgan fingerprint density at radius 2 is 1.84 bits per heavy atom. The lowest BCUT2D eigenvalue weighted by atomic mass is 9.99. The molecule has 25 heavy (non-hydrogen) atoms. The monoisotopic (exact) mass is 337 g/mol. The number of rotatable bonds is 4. The van der Waals surface area contributed by atoms with Gasteiger partial charge in [0.1, 0.15) is 5.82 Å². The first kappa shape index (κ1) is 16.9. The Morgan fingerprint density at radius 3 is 2.48 bits per heavy atom. The van der Waals surface area contributed by atoms with Crippen LogP contribution < -0.4 is 10.9 Å². The average Bonchev–Trinajstić information content (AvgIpc) is 2.59. The van der Waals surface area contributed by atoms with Crippen LogP contribution >= 0.6 is 0 Å². The molecule has 5 heteroatoms. The smallest absolute Gasteiger partial charge is 0.262 e. The van der Waals surface area contributed by atoms with E-state index in [9.17, 15) is 9.18 Å². The fourth-order valence-corrected chi connectivity index (χ4v) is 2.67. The summed E-state index contributed by atoms with van der Waals surface area (Å²) in [5.41, 5.74) is 2.14. The van der Waals surface area contributed by atoms with Gasteiger partial charge in [0.25, 0.3) is 5.56 Å². The number of benzene rings is 2. The molecule has 128 valence electrons. The molecule has 3 rings (SSSR count). The van der Waals surface area contributed by atoms with Crippen molar-refractivity contribution in [1.29, 1.82) is 0 Å². The molecule has 0 saturated heterocycles. The number of para-hydroxylation sites is 1. The lowest BCUT2D eigenvalue weighted by Gasteiger charge is -2.12. The third-order valence-corrected chi connectivity index (χ3v) is 4.13. The number of anilines is 2. The Kier molecular flexibility index (Phi) is 4.65. The molecule has 2 aromatic carbocycles. The van der Waals surface area contributed by atoms with E-state index in [1.807, 2.05) is 44.2 Å². The molecule has 1 N–H and O–H groups in total. The van der Waals surface area contributed by atoms with Gasteiger partial charge in [-0.15, -0.1) is 0 Å². The highest BCUT2D eigenvalue weighted by Crippen LogP contribution is 2.24. The van der Waals surface area contributed by atoms with Crippen LogP contribution in [-0.2, 0) is 7.05 Å². The number of aromatic nitrogens is 2. The van der Waals surface area contributed by atoms with Crippen molar-refractivity contribution < 1.29 is 4.39 Å². The zero-order valence-electron chi connectivity index (χ0n) is 14.5. The van der Waals surface area contributed by atoms with E-state index >= 15 is 0 Å². The maximum Gasteiger partial charge on any atom is 0.262 e. The number of nitrogens with zero attached hydrogens (tertiary/aromatic N) is 2. The standard InChI is InChI=1S/C20H20FN3O/c1-13(2)16-10-9-14(11-18(16)21)17-12-22-20(24(3)19(17)25)23-15-7-5-4-6-8-15/h4-13H,1-3H3,(H,22,23). The average molecular weight is 337 g/mol. The van der Waals surface area contributed by atoms with Crippen LogP contribution in [0.3, 0.4) is 0 Å². The van der Waals surface area contributed by atoms with Crippen LogP contribution in [0.25, 0.3) is 11.1 Å². The zero-order chi connectivity index (χ0) is 18.0. The van der Waals surface area contributed by atoms with Crippen molar-refractivity contribution in [1.82, 2.24) is 9.55 Å². The minimum Gasteiger partial charge on any atom is -0.326 e. The van der Waals surface area contributed by atoms with Gasteiger partial charge in [-0.25, -0.2) is 9.37 Å². The van der Waals surface area contributed by atoms with E-state index in [2.05, 4.69) is 10.3 Å². The summed E-state index contributed by atoms with van der Waals surface area (Å²) in [6.07, 6.45) is 1.48. The molecule has 1 aromatic heterocycles. The van der Waals surface area contributed by atoms with E-state index in [0.717, 1.165) is 5.69 Å². The van der Waals surface area contributed by atoms with Crippen molar-refractivity contribution in [3.05, 3.63) is 76.5 Å². The summed E-state index contributed by atoms with van der Waals surface area (Å²) < 4.78 is 15.7. The topological polar surface area (TPSA) is 46.9 Å². The van der Waals surface area contributed by atoms with Gasteiger partial charge in [0.15, 0.2) is 0 Å². The quantitative estimate of drug-likeness (QED) is 0.765. The second-order valence-corrected chi connectivity index (χ2v) is 6.24. The van der Waals surface area contributed by atoms with Crippen LogP contribution in [0.5, 0.6) is 0 Å². The Hall–Kier alpha value is -2.95. The van der Waals surface area contributed by atoms with Crippen LogP contribution in [0.2, 0.25) is 0 Å². The number of halogens is 1. The highest BCUT2D eigenvalue weighted by molar-refractivity contribution is 5.64. The molecule has 0 bridgehead atoms. The first-order valence-electron chi connectivity index (χ1n) is 8.15. The number of hydrogen-bond donors (Lipinski definition) is 1. The molecule has 0 aliphatic heterocycles. The van der Waals surface area contributed by atoms with Gasteiger partial charge in [0.05, 0.1) is 5.56 Å². The largest absolute Gasteiger partial charge is 0.326 e. The number of hydrogen-bond acceptors (Lipinski definition) is 3. The molecule has 0 saturated carbocycles. The summed E-state index contributed by atoms with van der Waals surface area (Å²) in [7, 11) is 1.64. The molecule has 0 spiro atoms. The van der Waals surface area contributed by atoms with Gasteiger partial charge in [0.2, 0.25) is 5.95 Å². The summed E-state index contributed by atoms with van der Waals surface area (Å²) in [6, 6.07) is 14.4. The SMILES string of the molecule is CC(C)c1ccc(-c2cnc(Nc3ccccc3)n(C)c2=O)cc1F. The normalized spacial score (nSPS) is 10.9. The van der Waals surface area contributed by atoms with Gasteiger partial charge in [-0.1, -0.05) is 44.2 Å². The maximum absolute atomic E-state index is 14.2. The predicted octanol–water partition coefficient (Wildman–Crippen LogP) is 4.45. The van der Waals surface area contributed by atoms with Gasteiger partial charge in [-0.3, -0.25) is 9.36 Å². The van der Waals surface area contributed by atoms with Crippen LogP contribution in [0.15, 0.2) is 59.5 Å². The summed E-state index contributed by atoms with van der Waals surface area (Å²) in [5, 5.41) is 3.10. The Bertz CT molecular complexity index is 949. The molecular weight excluding hydrogens is 317 g/mol. The molecule has 4 nitrogen and oxygen atoms in total. The molecule has 0 amide bonds. The summed E-state index contributed by atoms with van der Waals surface area (Å²) in [4.78, 5) is 17.0. The van der Waals surface area contributed by atoms with Crippen LogP contribution in [0, 0.1) is 5.82 Å². The second kappa shape index (κ2) is 6.89. The first-order valence-corrected chi connectivity index (χ1v) is 8.15. The van der Waals surface area contributed by atoms with Gasteiger partial charge in [-0.2, -0.15) is 0 Å². The van der Waals surface area contributed by atoms with Crippen molar-refractivity contribution in [3.8, 4) is 11.1 Å². The third-order valence-electron chi connectivity index (χ3n) is 4.13. The van der Waals surface area contributed by atoms with Crippen molar-refractivity contribution >= 4 is 11.6 Å².